The van der Waals surface area contributed by atoms with E-state index in [9.17, 15) is 9.59 Å². The van der Waals surface area contributed by atoms with Crippen molar-refractivity contribution in [2.24, 2.45) is 0 Å². The highest BCUT2D eigenvalue weighted by atomic mass is 16.6. The van der Waals surface area contributed by atoms with Gasteiger partial charge in [0, 0.05) is 18.7 Å². The molecule has 1 unspecified atom stereocenters. The molecule has 0 saturated carbocycles. The molecule has 102 valence electrons. The second-order valence-electron chi connectivity index (χ2n) is 4.56. The van der Waals surface area contributed by atoms with Crippen molar-refractivity contribution in [3.8, 4) is 0 Å². The van der Waals surface area contributed by atoms with Crippen LogP contribution in [0.15, 0.2) is 24.3 Å². The van der Waals surface area contributed by atoms with Crippen LogP contribution in [0.1, 0.15) is 25.3 Å². The highest BCUT2D eigenvalue weighted by Crippen LogP contribution is 2.22. The van der Waals surface area contributed by atoms with Crippen molar-refractivity contribution in [2.75, 3.05) is 11.4 Å². The number of carboxylic acids is 1. The summed E-state index contributed by atoms with van der Waals surface area (Å²) in [4.78, 5) is 24.0. The van der Waals surface area contributed by atoms with Crippen molar-refractivity contribution in [1.82, 2.24) is 0 Å². The highest BCUT2D eigenvalue weighted by Gasteiger charge is 2.29. The van der Waals surface area contributed by atoms with Gasteiger partial charge in [0.1, 0.15) is 6.10 Å². The maximum Gasteiger partial charge on any atom is 0.414 e. The zero-order chi connectivity index (χ0) is 13.8. The number of nitrogens with zero attached hydrogens (tertiary/aromatic N) is 1. The van der Waals surface area contributed by atoms with E-state index in [-0.39, 0.29) is 6.42 Å². The smallest absolute Gasteiger partial charge is 0.414 e. The van der Waals surface area contributed by atoms with Gasteiger partial charge in [0.2, 0.25) is 0 Å². The molecular weight excluding hydrogens is 246 g/mol. The molecule has 0 radical (unpaired) electrons. The lowest BCUT2D eigenvalue weighted by atomic mass is 10.1. The van der Waals surface area contributed by atoms with E-state index >= 15 is 0 Å². The summed E-state index contributed by atoms with van der Waals surface area (Å²) in [5.41, 5.74) is 1.99. The summed E-state index contributed by atoms with van der Waals surface area (Å²) in [6.07, 6.45) is 0.366. The zero-order valence-electron chi connectivity index (χ0n) is 10.8. The molecule has 1 aliphatic rings. The van der Waals surface area contributed by atoms with Gasteiger partial charge in [-0.3, -0.25) is 9.69 Å². The molecule has 0 aliphatic carbocycles. The molecule has 19 heavy (non-hydrogen) atoms. The Labute approximate surface area is 111 Å². The number of hydrogen-bond acceptors (Lipinski definition) is 3. The van der Waals surface area contributed by atoms with Gasteiger partial charge in [-0.15, -0.1) is 0 Å². The topological polar surface area (TPSA) is 66.8 Å². The molecule has 1 fully saturated rings. The predicted octanol–water partition coefficient (Wildman–Crippen LogP) is 2.44. The molecular formula is C14H17NO4. The summed E-state index contributed by atoms with van der Waals surface area (Å²) >= 11 is 0. The number of rotatable bonds is 4. The number of amides is 1. The maximum absolute atomic E-state index is 11.9. The van der Waals surface area contributed by atoms with Gasteiger partial charge in [0.15, 0.2) is 0 Å². The fraction of sp³-hybridized carbons (Fsp3) is 0.429. The van der Waals surface area contributed by atoms with Crippen LogP contribution in [0.5, 0.6) is 0 Å². The first-order chi connectivity index (χ1) is 9.10. The fourth-order valence-corrected chi connectivity index (χ4v) is 2.11. The predicted molar refractivity (Wildman–Crippen MR) is 70.3 cm³/mol. The number of aryl methyl sites for hydroxylation is 1. The summed E-state index contributed by atoms with van der Waals surface area (Å²) in [7, 11) is 0. The van der Waals surface area contributed by atoms with Crippen molar-refractivity contribution in [3.63, 3.8) is 0 Å². The molecule has 1 amide bonds. The molecule has 0 spiro atoms. The third kappa shape index (κ3) is 3.24. The number of ether oxygens (including phenoxy) is 1. The second-order valence-corrected chi connectivity index (χ2v) is 4.56. The van der Waals surface area contributed by atoms with Crippen molar-refractivity contribution < 1.29 is 19.4 Å². The van der Waals surface area contributed by atoms with E-state index < -0.39 is 18.2 Å². The fourth-order valence-electron chi connectivity index (χ4n) is 2.11. The minimum atomic E-state index is -0.946. The van der Waals surface area contributed by atoms with E-state index in [1.54, 1.807) is 0 Å². The second kappa shape index (κ2) is 5.73. The van der Waals surface area contributed by atoms with E-state index in [2.05, 4.69) is 6.92 Å². The van der Waals surface area contributed by atoms with Crippen molar-refractivity contribution in [2.45, 2.75) is 32.3 Å². The van der Waals surface area contributed by atoms with Crippen molar-refractivity contribution in [3.05, 3.63) is 29.8 Å². The van der Waals surface area contributed by atoms with Gasteiger partial charge < -0.3 is 9.84 Å². The Morgan fingerprint density at radius 2 is 2.11 bits per heavy atom. The molecule has 5 heteroatoms. The number of hydrogen-bond donors (Lipinski definition) is 1. The third-order valence-corrected chi connectivity index (χ3v) is 3.22. The van der Waals surface area contributed by atoms with Crippen LogP contribution in [-0.2, 0) is 16.0 Å². The van der Waals surface area contributed by atoms with Gasteiger partial charge in [-0.25, -0.2) is 4.79 Å². The van der Waals surface area contributed by atoms with E-state index in [0.29, 0.717) is 13.0 Å². The molecule has 1 aromatic carbocycles. The van der Waals surface area contributed by atoms with E-state index in [0.717, 1.165) is 12.1 Å². The Morgan fingerprint density at radius 3 is 2.63 bits per heavy atom. The van der Waals surface area contributed by atoms with E-state index in [1.807, 2.05) is 24.3 Å². The number of carboxylic acid groups (broad SMARTS) is 1. The van der Waals surface area contributed by atoms with Crippen LogP contribution in [0, 0.1) is 0 Å². The van der Waals surface area contributed by atoms with Gasteiger partial charge in [0.25, 0.3) is 0 Å². The molecule has 2 rings (SSSR count). The Bertz CT molecular complexity index is 469. The van der Waals surface area contributed by atoms with Crippen LogP contribution < -0.4 is 4.90 Å². The van der Waals surface area contributed by atoms with Crippen LogP contribution >= 0.6 is 0 Å². The monoisotopic (exact) mass is 263 g/mol. The minimum Gasteiger partial charge on any atom is -0.481 e. The Morgan fingerprint density at radius 1 is 1.42 bits per heavy atom. The first-order valence-corrected chi connectivity index (χ1v) is 6.39. The number of anilines is 1. The lowest BCUT2D eigenvalue weighted by Crippen LogP contribution is -2.42. The molecule has 1 heterocycles. The molecule has 5 nitrogen and oxygen atoms in total. The first-order valence-electron chi connectivity index (χ1n) is 6.39. The van der Waals surface area contributed by atoms with Gasteiger partial charge >= 0.3 is 12.1 Å². The van der Waals surface area contributed by atoms with Crippen LogP contribution in [0.2, 0.25) is 0 Å². The Kier molecular flexibility index (Phi) is 4.04. The van der Waals surface area contributed by atoms with Crippen LogP contribution in [-0.4, -0.2) is 29.8 Å². The molecule has 1 aromatic rings. The van der Waals surface area contributed by atoms with E-state index in [4.69, 9.17) is 9.84 Å². The van der Waals surface area contributed by atoms with Crippen LogP contribution in [0.3, 0.4) is 0 Å². The Balaban J connectivity index is 2.02. The van der Waals surface area contributed by atoms with Crippen molar-refractivity contribution >= 4 is 17.7 Å². The molecule has 1 aliphatic heterocycles. The number of aliphatic carboxylic acids is 1. The zero-order valence-corrected chi connectivity index (χ0v) is 10.8. The molecule has 1 saturated heterocycles. The van der Waals surface area contributed by atoms with Crippen LogP contribution in [0.4, 0.5) is 10.5 Å². The lowest BCUT2D eigenvalue weighted by molar-refractivity contribution is -0.139. The summed E-state index contributed by atoms with van der Waals surface area (Å²) in [5.74, 6) is -0.946. The number of carbonyl (C=O) groups is 2. The molecule has 0 aromatic heterocycles. The summed E-state index contributed by atoms with van der Waals surface area (Å²) in [6, 6.07) is 7.73. The SMILES string of the molecule is CCc1ccc(N2CCC(CC(=O)O)OC2=O)cc1. The normalized spacial score (nSPS) is 19.1. The third-order valence-electron chi connectivity index (χ3n) is 3.22. The number of cyclic esters (lactones) is 1. The average Bonchev–Trinajstić information content (AvgIpc) is 2.38. The van der Waals surface area contributed by atoms with Gasteiger partial charge in [-0.1, -0.05) is 19.1 Å². The number of benzene rings is 1. The molecule has 0 bridgehead atoms. The highest BCUT2D eigenvalue weighted by molar-refractivity contribution is 5.88. The summed E-state index contributed by atoms with van der Waals surface area (Å²) in [6.45, 7) is 2.56. The number of carbonyl (C=O) groups excluding carboxylic acids is 1. The molecule has 1 atom stereocenters. The minimum absolute atomic E-state index is 0.131. The standard InChI is InChI=1S/C14H17NO4/c1-2-10-3-5-11(6-4-10)15-8-7-12(9-13(16)17)19-14(15)18/h3-6,12H,2,7-9H2,1H3,(H,16,17). The maximum atomic E-state index is 11.9. The Hall–Kier alpha value is -2.04. The molecule has 1 N–H and O–H groups in total. The van der Waals surface area contributed by atoms with Gasteiger partial charge in [-0.05, 0) is 24.1 Å². The largest absolute Gasteiger partial charge is 0.481 e. The van der Waals surface area contributed by atoms with Gasteiger partial charge in [0.05, 0.1) is 6.42 Å². The summed E-state index contributed by atoms with van der Waals surface area (Å²) in [5, 5.41) is 8.69. The average molecular weight is 263 g/mol. The van der Waals surface area contributed by atoms with Gasteiger partial charge in [-0.2, -0.15) is 0 Å². The quantitative estimate of drug-likeness (QED) is 0.906. The summed E-state index contributed by atoms with van der Waals surface area (Å²) < 4.78 is 5.13. The lowest BCUT2D eigenvalue weighted by Gasteiger charge is -2.31. The van der Waals surface area contributed by atoms with Crippen molar-refractivity contribution in [1.29, 1.82) is 0 Å². The van der Waals surface area contributed by atoms with Crippen LogP contribution in [0.25, 0.3) is 0 Å². The first kappa shape index (κ1) is 13.4. The van der Waals surface area contributed by atoms with E-state index in [1.165, 1.54) is 10.5 Å².